The second-order valence-corrected chi connectivity index (χ2v) is 6.14. The van der Waals surface area contributed by atoms with Crippen molar-refractivity contribution in [1.82, 2.24) is 5.32 Å². The summed E-state index contributed by atoms with van der Waals surface area (Å²) < 4.78 is 0. The minimum absolute atomic E-state index is 0.217. The molecule has 0 heterocycles. The van der Waals surface area contributed by atoms with Gasteiger partial charge >= 0.3 is 5.97 Å². The summed E-state index contributed by atoms with van der Waals surface area (Å²) in [7, 11) is 0. The summed E-state index contributed by atoms with van der Waals surface area (Å²) in [6, 6.07) is 3.26. The van der Waals surface area contributed by atoms with Crippen molar-refractivity contribution in [1.29, 1.82) is 0 Å². The third-order valence-corrected chi connectivity index (χ3v) is 3.52. The van der Waals surface area contributed by atoms with E-state index in [2.05, 4.69) is 5.32 Å². The van der Waals surface area contributed by atoms with Gasteiger partial charge in [-0.05, 0) is 49.8 Å². The molecule has 0 saturated carbocycles. The second-order valence-electron chi connectivity index (χ2n) is 6.14. The van der Waals surface area contributed by atoms with E-state index >= 15 is 0 Å². The van der Waals surface area contributed by atoms with E-state index in [1.54, 1.807) is 0 Å². The van der Waals surface area contributed by atoms with E-state index in [0.29, 0.717) is 6.42 Å². The van der Waals surface area contributed by atoms with Gasteiger partial charge < -0.3 is 10.4 Å². The third kappa shape index (κ3) is 5.21. The van der Waals surface area contributed by atoms with Crippen molar-refractivity contribution >= 4 is 11.9 Å². The molecule has 0 saturated heterocycles. The highest BCUT2D eigenvalue weighted by molar-refractivity contribution is 5.85. The van der Waals surface area contributed by atoms with E-state index < -0.39 is 12.0 Å². The molecule has 1 atom stereocenters. The number of rotatable bonds is 6. The van der Waals surface area contributed by atoms with E-state index in [0.717, 1.165) is 22.3 Å². The van der Waals surface area contributed by atoms with E-state index in [4.69, 9.17) is 5.11 Å². The Morgan fingerprint density at radius 1 is 1.14 bits per heavy atom. The maximum atomic E-state index is 12.1. The largest absolute Gasteiger partial charge is 0.480 e. The fourth-order valence-electron chi connectivity index (χ4n) is 2.59. The van der Waals surface area contributed by atoms with Crippen LogP contribution in [0.3, 0.4) is 0 Å². The minimum Gasteiger partial charge on any atom is -0.480 e. The van der Waals surface area contributed by atoms with Gasteiger partial charge in [-0.3, -0.25) is 4.79 Å². The number of carbonyl (C=O) groups is 2. The summed E-state index contributed by atoms with van der Waals surface area (Å²) in [6.45, 7) is 9.86. The highest BCUT2D eigenvalue weighted by atomic mass is 16.4. The lowest BCUT2D eigenvalue weighted by atomic mass is 9.96. The van der Waals surface area contributed by atoms with Crippen molar-refractivity contribution in [2.24, 2.45) is 5.92 Å². The van der Waals surface area contributed by atoms with Gasteiger partial charge in [0.15, 0.2) is 0 Å². The van der Waals surface area contributed by atoms with Crippen LogP contribution in [0.2, 0.25) is 0 Å². The Labute approximate surface area is 126 Å². The summed E-state index contributed by atoms with van der Waals surface area (Å²) >= 11 is 0. The lowest BCUT2D eigenvalue weighted by Gasteiger charge is -2.17. The van der Waals surface area contributed by atoms with Crippen LogP contribution in [0.1, 0.15) is 42.5 Å². The van der Waals surface area contributed by atoms with Crippen molar-refractivity contribution in [3.63, 3.8) is 0 Å². The molecule has 2 N–H and O–H groups in total. The van der Waals surface area contributed by atoms with Gasteiger partial charge in [0.2, 0.25) is 5.91 Å². The molecular weight excluding hydrogens is 266 g/mol. The SMILES string of the molecule is Cc1cc(C)c(CC(=O)N[C@@H](CC(C)C)C(=O)O)c(C)c1. The molecule has 116 valence electrons. The average Bonchev–Trinajstić information content (AvgIpc) is 2.32. The van der Waals surface area contributed by atoms with Crippen molar-refractivity contribution in [2.75, 3.05) is 0 Å². The number of benzene rings is 1. The Bertz CT molecular complexity index is 512. The van der Waals surface area contributed by atoms with Crippen LogP contribution in [0.15, 0.2) is 12.1 Å². The standard InChI is InChI=1S/C17H25NO3/c1-10(2)6-15(17(20)21)18-16(19)9-14-12(4)7-11(3)8-13(14)5/h7-8,10,15H,6,9H2,1-5H3,(H,18,19)(H,20,21)/t15-/m0/s1. The van der Waals surface area contributed by atoms with Crippen LogP contribution in [-0.4, -0.2) is 23.0 Å². The molecule has 4 heteroatoms. The zero-order chi connectivity index (χ0) is 16.2. The van der Waals surface area contributed by atoms with Crippen LogP contribution in [0.4, 0.5) is 0 Å². The van der Waals surface area contributed by atoms with Crippen LogP contribution in [0.25, 0.3) is 0 Å². The second kappa shape index (κ2) is 7.25. The first-order valence-electron chi connectivity index (χ1n) is 7.29. The van der Waals surface area contributed by atoms with Crippen LogP contribution in [-0.2, 0) is 16.0 Å². The molecule has 1 amide bonds. The van der Waals surface area contributed by atoms with Gasteiger partial charge in [0.25, 0.3) is 0 Å². The Morgan fingerprint density at radius 3 is 2.10 bits per heavy atom. The molecule has 1 aromatic carbocycles. The van der Waals surface area contributed by atoms with Crippen molar-refractivity contribution < 1.29 is 14.7 Å². The summed E-state index contributed by atoms with van der Waals surface area (Å²) in [4.78, 5) is 23.3. The van der Waals surface area contributed by atoms with Crippen molar-refractivity contribution in [2.45, 2.75) is 53.5 Å². The van der Waals surface area contributed by atoms with Crippen molar-refractivity contribution in [3.05, 3.63) is 34.4 Å². The molecule has 0 unspecified atom stereocenters. The molecule has 1 aromatic rings. The van der Waals surface area contributed by atoms with Crippen LogP contribution >= 0.6 is 0 Å². The number of carboxylic acid groups (broad SMARTS) is 1. The third-order valence-electron chi connectivity index (χ3n) is 3.52. The zero-order valence-corrected chi connectivity index (χ0v) is 13.5. The Morgan fingerprint density at radius 2 is 1.67 bits per heavy atom. The summed E-state index contributed by atoms with van der Waals surface area (Å²) in [5, 5.41) is 11.8. The fraction of sp³-hybridized carbons (Fsp3) is 0.529. The highest BCUT2D eigenvalue weighted by Crippen LogP contribution is 2.17. The Kier molecular flexibility index (Phi) is 5.94. The number of carbonyl (C=O) groups excluding carboxylic acids is 1. The lowest BCUT2D eigenvalue weighted by molar-refractivity contribution is -0.142. The average molecular weight is 291 g/mol. The van der Waals surface area contributed by atoms with Gasteiger partial charge in [-0.2, -0.15) is 0 Å². The van der Waals surface area contributed by atoms with E-state index in [1.807, 2.05) is 46.8 Å². The van der Waals surface area contributed by atoms with E-state index in [1.165, 1.54) is 0 Å². The van der Waals surface area contributed by atoms with Gasteiger partial charge in [-0.25, -0.2) is 4.79 Å². The van der Waals surface area contributed by atoms with Crippen molar-refractivity contribution in [3.8, 4) is 0 Å². The van der Waals surface area contributed by atoms with Crippen LogP contribution < -0.4 is 5.32 Å². The van der Waals surface area contributed by atoms with E-state index in [-0.39, 0.29) is 18.2 Å². The Balaban J connectivity index is 2.79. The monoisotopic (exact) mass is 291 g/mol. The Hall–Kier alpha value is -1.84. The molecule has 0 radical (unpaired) electrons. The first-order chi connectivity index (χ1) is 9.70. The molecule has 0 spiro atoms. The van der Waals surface area contributed by atoms with E-state index in [9.17, 15) is 9.59 Å². The lowest BCUT2D eigenvalue weighted by Crippen LogP contribution is -2.42. The molecule has 0 aliphatic rings. The van der Waals surface area contributed by atoms with Gasteiger partial charge in [0, 0.05) is 0 Å². The smallest absolute Gasteiger partial charge is 0.326 e. The quantitative estimate of drug-likeness (QED) is 0.847. The number of aryl methyl sites for hydroxylation is 3. The van der Waals surface area contributed by atoms with Gasteiger partial charge in [0.1, 0.15) is 6.04 Å². The highest BCUT2D eigenvalue weighted by Gasteiger charge is 2.21. The number of hydrogen-bond donors (Lipinski definition) is 2. The molecule has 0 aliphatic heterocycles. The predicted molar refractivity (Wildman–Crippen MR) is 83.4 cm³/mol. The molecule has 0 bridgehead atoms. The first-order valence-corrected chi connectivity index (χ1v) is 7.29. The molecule has 1 rings (SSSR count). The first kappa shape index (κ1) is 17.2. The zero-order valence-electron chi connectivity index (χ0n) is 13.5. The number of hydrogen-bond acceptors (Lipinski definition) is 2. The van der Waals surface area contributed by atoms with Gasteiger partial charge in [0.05, 0.1) is 6.42 Å². The van der Waals surface area contributed by atoms with Crippen LogP contribution in [0, 0.1) is 26.7 Å². The molecule has 21 heavy (non-hydrogen) atoms. The number of amides is 1. The topological polar surface area (TPSA) is 66.4 Å². The molecule has 0 aromatic heterocycles. The maximum absolute atomic E-state index is 12.1. The normalized spacial score (nSPS) is 12.3. The molecule has 4 nitrogen and oxygen atoms in total. The number of carboxylic acids is 1. The summed E-state index contributed by atoms with van der Waals surface area (Å²) in [5.41, 5.74) is 4.28. The predicted octanol–water partition coefficient (Wildman–Crippen LogP) is 2.77. The number of nitrogens with one attached hydrogen (secondary N) is 1. The molecule has 0 fully saturated rings. The molecule has 0 aliphatic carbocycles. The summed E-state index contributed by atoms with van der Waals surface area (Å²) in [6.07, 6.45) is 0.659. The maximum Gasteiger partial charge on any atom is 0.326 e. The molecular formula is C17H25NO3. The van der Waals surface area contributed by atoms with Gasteiger partial charge in [-0.1, -0.05) is 31.5 Å². The number of aliphatic carboxylic acids is 1. The van der Waals surface area contributed by atoms with Crippen LogP contribution in [0.5, 0.6) is 0 Å². The minimum atomic E-state index is -0.977. The van der Waals surface area contributed by atoms with Gasteiger partial charge in [-0.15, -0.1) is 0 Å². The summed E-state index contributed by atoms with van der Waals surface area (Å²) in [5.74, 6) is -0.998. The fourth-order valence-corrected chi connectivity index (χ4v) is 2.59.